The van der Waals surface area contributed by atoms with Crippen molar-refractivity contribution in [2.75, 3.05) is 20.3 Å². The standard InChI is InChI=1S/C11H17NO3/c1-9-5-3-4-6-11(9)15-8-10(13)7-12-14-2/h3-6,10,12-13H,7-8H2,1-2H3. The first-order chi connectivity index (χ1) is 7.24. The summed E-state index contributed by atoms with van der Waals surface area (Å²) >= 11 is 0. The highest BCUT2D eigenvalue weighted by Gasteiger charge is 2.05. The summed E-state index contributed by atoms with van der Waals surface area (Å²) in [7, 11) is 1.51. The van der Waals surface area contributed by atoms with E-state index in [9.17, 15) is 5.11 Å². The van der Waals surface area contributed by atoms with Crippen molar-refractivity contribution in [1.29, 1.82) is 0 Å². The molecule has 0 bridgehead atoms. The maximum absolute atomic E-state index is 9.46. The Labute approximate surface area is 89.8 Å². The zero-order chi connectivity index (χ0) is 11.1. The number of hydrogen-bond donors (Lipinski definition) is 2. The summed E-state index contributed by atoms with van der Waals surface area (Å²) < 4.78 is 5.45. The molecule has 0 aliphatic heterocycles. The van der Waals surface area contributed by atoms with E-state index in [0.717, 1.165) is 11.3 Å². The van der Waals surface area contributed by atoms with Gasteiger partial charge in [-0.15, -0.1) is 0 Å². The molecule has 2 N–H and O–H groups in total. The Kier molecular flexibility index (Phi) is 5.10. The number of aliphatic hydroxyl groups is 1. The predicted molar refractivity (Wildman–Crippen MR) is 57.7 cm³/mol. The molecule has 0 aliphatic carbocycles. The molecule has 1 aromatic carbocycles. The van der Waals surface area contributed by atoms with E-state index >= 15 is 0 Å². The molecule has 0 heterocycles. The maximum atomic E-state index is 9.46. The molecule has 84 valence electrons. The van der Waals surface area contributed by atoms with Gasteiger partial charge in [-0.05, 0) is 18.6 Å². The fourth-order valence-corrected chi connectivity index (χ4v) is 1.14. The minimum absolute atomic E-state index is 0.251. The number of para-hydroxylation sites is 1. The molecule has 1 unspecified atom stereocenters. The number of aryl methyl sites for hydroxylation is 1. The molecule has 0 radical (unpaired) electrons. The number of rotatable bonds is 6. The van der Waals surface area contributed by atoms with E-state index in [2.05, 4.69) is 10.3 Å². The average molecular weight is 211 g/mol. The SMILES string of the molecule is CONCC(O)COc1ccccc1C. The molecule has 0 amide bonds. The van der Waals surface area contributed by atoms with Crippen LogP contribution in [0.5, 0.6) is 5.75 Å². The molecular formula is C11H17NO3. The van der Waals surface area contributed by atoms with Crippen LogP contribution in [0.1, 0.15) is 5.56 Å². The highest BCUT2D eigenvalue weighted by Crippen LogP contribution is 2.15. The minimum Gasteiger partial charge on any atom is -0.491 e. The molecule has 4 heteroatoms. The number of nitrogens with one attached hydrogen (secondary N) is 1. The Hall–Kier alpha value is -1.10. The van der Waals surface area contributed by atoms with E-state index in [4.69, 9.17) is 4.74 Å². The molecule has 4 nitrogen and oxygen atoms in total. The summed E-state index contributed by atoms with van der Waals surface area (Å²) in [6.07, 6.45) is -0.579. The van der Waals surface area contributed by atoms with Crippen molar-refractivity contribution >= 4 is 0 Å². The topological polar surface area (TPSA) is 50.7 Å². The fraction of sp³-hybridized carbons (Fsp3) is 0.455. The third-order valence-electron chi connectivity index (χ3n) is 1.99. The third kappa shape index (κ3) is 4.29. The van der Waals surface area contributed by atoms with E-state index in [1.165, 1.54) is 7.11 Å². The molecule has 1 rings (SSSR count). The van der Waals surface area contributed by atoms with Crippen molar-refractivity contribution in [3.05, 3.63) is 29.8 Å². The molecule has 0 aliphatic rings. The molecule has 0 spiro atoms. The number of hydrogen-bond acceptors (Lipinski definition) is 4. The van der Waals surface area contributed by atoms with Gasteiger partial charge in [0, 0.05) is 0 Å². The van der Waals surface area contributed by atoms with Crippen LogP contribution in [0, 0.1) is 6.92 Å². The van der Waals surface area contributed by atoms with Gasteiger partial charge in [-0.1, -0.05) is 18.2 Å². The third-order valence-corrected chi connectivity index (χ3v) is 1.99. The lowest BCUT2D eigenvalue weighted by atomic mass is 10.2. The summed E-state index contributed by atoms with van der Waals surface area (Å²) in [5.74, 6) is 0.800. The molecular weight excluding hydrogens is 194 g/mol. The van der Waals surface area contributed by atoms with Crippen LogP contribution >= 0.6 is 0 Å². The number of aliphatic hydroxyl groups excluding tert-OH is 1. The smallest absolute Gasteiger partial charge is 0.122 e. The maximum Gasteiger partial charge on any atom is 0.122 e. The lowest BCUT2D eigenvalue weighted by molar-refractivity contribution is 0.0321. The summed E-state index contributed by atoms with van der Waals surface area (Å²) in [5, 5.41) is 9.46. The van der Waals surface area contributed by atoms with Crippen LogP contribution in [0.15, 0.2) is 24.3 Å². The fourth-order valence-electron chi connectivity index (χ4n) is 1.14. The quantitative estimate of drug-likeness (QED) is 0.686. The van der Waals surface area contributed by atoms with E-state index < -0.39 is 6.10 Å². The first-order valence-electron chi connectivity index (χ1n) is 4.86. The highest BCUT2D eigenvalue weighted by molar-refractivity contribution is 5.31. The number of benzene rings is 1. The van der Waals surface area contributed by atoms with E-state index in [0.29, 0.717) is 6.54 Å². The molecule has 1 aromatic rings. The van der Waals surface area contributed by atoms with Crippen LogP contribution in [0.3, 0.4) is 0 Å². The Morgan fingerprint density at radius 1 is 1.40 bits per heavy atom. The summed E-state index contributed by atoms with van der Waals surface area (Å²) in [4.78, 5) is 4.62. The Balaban J connectivity index is 2.33. The van der Waals surface area contributed by atoms with Crippen molar-refractivity contribution in [3.8, 4) is 5.75 Å². The van der Waals surface area contributed by atoms with Crippen LogP contribution in [0.4, 0.5) is 0 Å². The monoisotopic (exact) mass is 211 g/mol. The van der Waals surface area contributed by atoms with E-state index in [1.807, 2.05) is 31.2 Å². The zero-order valence-corrected chi connectivity index (χ0v) is 9.06. The lowest BCUT2D eigenvalue weighted by Crippen LogP contribution is -2.30. The number of ether oxygens (including phenoxy) is 1. The summed E-state index contributed by atoms with van der Waals surface area (Å²) in [6, 6.07) is 7.70. The summed E-state index contributed by atoms with van der Waals surface area (Å²) in [5.41, 5.74) is 3.63. The Bertz CT molecular complexity index is 291. The van der Waals surface area contributed by atoms with Crippen LogP contribution in [0.25, 0.3) is 0 Å². The molecule has 0 saturated heterocycles. The van der Waals surface area contributed by atoms with Gasteiger partial charge in [-0.3, -0.25) is 0 Å². The van der Waals surface area contributed by atoms with Crippen molar-refractivity contribution in [2.45, 2.75) is 13.0 Å². The van der Waals surface area contributed by atoms with Gasteiger partial charge in [0.2, 0.25) is 0 Å². The van der Waals surface area contributed by atoms with Gasteiger partial charge in [-0.25, -0.2) is 5.48 Å². The van der Waals surface area contributed by atoms with Gasteiger partial charge < -0.3 is 14.7 Å². The zero-order valence-electron chi connectivity index (χ0n) is 9.06. The second kappa shape index (κ2) is 6.40. The Morgan fingerprint density at radius 2 is 2.13 bits per heavy atom. The van der Waals surface area contributed by atoms with Gasteiger partial charge in [0.1, 0.15) is 18.5 Å². The first-order valence-corrected chi connectivity index (χ1v) is 4.86. The van der Waals surface area contributed by atoms with Crippen molar-refractivity contribution in [2.24, 2.45) is 0 Å². The van der Waals surface area contributed by atoms with Crippen molar-refractivity contribution < 1.29 is 14.7 Å². The average Bonchev–Trinajstić information content (AvgIpc) is 2.25. The molecule has 0 aromatic heterocycles. The second-order valence-electron chi connectivity index (χ2n) is 3.28. The molecule has 0 fully saturated rings. The number of hydroxylamine groups is 1. The van der Waals surface area contributed by atoms with Crippen LogP contribution < -0.4 is 10.2 Å². The summed E-state index contributed by atoms with van der Waals surface area (Å²) in [6.45, 7) is 2.57. The minimum atomic E-state index is -0.579. The van der Waals surface area contributed by atoms with Crippen LogP contribution in [0.2, 0.25) is 0 Å². The van der Waals surface area contributed by atoms with Crippen LogP contribution in [-0.4, -0.2) is 31.5 Å². The second-order valence-corrected chi connectivity index (χ2v) is 3.28. The van der Waals surface area contributed by atoms with Crippen molar-refractivity contribution in [3.63, 3.8) is 0 Å². The van der Waals surface area contributed by atoms with Gasteiger partial charge >= 0.3 is 0 Å². The molecule has 0 saturated carbocycles. The first kappa shape index (κ1) is 12.0. The van der Waals surface area contributed by atoms with Gasteiger partial charge in [0.25, 0.3) is 0 Å². The molecule has 15 heavy (non-hydrogen) atoms. The molecule has 1 atom stereocenters. The van der Waals surface area contributed by atoms with E-state index in [1.54, 1.807) is 0 Å². The van der Waals surface area contributed by atoms with Gasteiger partial charge in [0.15, 0.2) is 0 Å². The lowest BCUT2D eigenvalue weighted by Gasteiger charge is -2.13. The van der Waals surface area contributed by atoms with Crippen molar-refractivity contribution in [1.82, 2.24) is 5.48 Å². The largest absolute Gasteiger partial charge is 0.491 e. The highest BCUT2D eigenvalue weighted by atomic mass is 16.6. The van der Waals surface area contributed by atoms with Gasteiger partial charge in [0.05, 0.1) is 13.7 Å². The van der Waals surface area contributed by atoms with Gasteiger partial charge in [-0.2, -0.15) is 0 Å². The van der Waals surface area contributed by atoms with Crippen LogP contribution in [-0.2, 0) is 4.84 Å². The Morgan fingerprint density at radius 3 is 2.80 bits per heavy atom. The predicted octanol–water partition coefficient (Wildman–Crippen LogP) is 0.886. The normalized spacial score (nSPS) is 12.5. The van der Waals surface area contributed by atoms with E-state index in [-0.39, 0.29) is 6.61 Å².